The van der Waals surface area contributed by atoms with Gasteiger partial charge in [0.1, 0.15) is 0 Å². The standard InChI is InChI=1S/C15H14BrNO4S/c16-13-3-1-11-8-14(4-2-10(11)7-13)22(20,21)17-6-5-12(9-17)15(18)19/h1-4,7-8,12H,5-6,9H2,(H,18,19). The van der Waals surface area contributed by atoms with E-state index in [9.17, 15) is 13.2 Å². The van der Waals surface area contributed by atoms with Crippen LogP contribution in [-0.2, 0) is 14.8 Å². The molecule has 22 heavy (non-hydrogen) atoms. The van der Waals surface area contributed by atoms with Crippen LogP contribution >= 0.6 is 15.9 Å². The Bertz CT molecular complexity index is 850. The highest BCUT2D eigenvalue weighted by atomic mass is 79.9. The third kappa shape index (κ3) is 2.76. The van der Waals surface area contributed by atoms with E-state index in [0.29, 0.717) is 6.42 Å². The van der Waals surface area contributed by atoms with Crippen molar-refractivity contribution in [1.29, 1.82) is 0 Å². The summed E-state index contributed by atoms with van der Waals surface area (Å²) >= 11 is 3.38. The van der Waals surface area contributed by atoms with Crippen LogP contribution in [0, 0.1) is 5.92 Å². The van der Waals surface area contributed by atoms with Gasteiger partial charge in [0.05, 0.1) is 10.8 Å². The van der Waals surface area contributed by atoms with E-state index >= 15 is 0 Å². The number of benzene rings is 2. The van der Waals surface area contributed by atoms with Gasteiger partial charge in [0, 0.05) is 17.6 Å². The summed E-state index contributed by atoms with van der Waals surface area (Å²) in [4.78, 5) is 11.2. The molecule has 0 radical (unpaired) electrons. The number of nitrogens with zero attached hydrogens (tertiary/aromatic N) is 1. The fourth-order valence-corrected chi connectivity index (χ4v) is 4.57. The lowest BCUT2D eigenvalue weighted by molar-refractivity contribution is -0.141. The first-order valence-electron chi connectivity index (χ1n) is 6.80. The Hall–Kier alpha value is -1.44. The molecule has 1 aliphatic rings. The van der Waals surface area contributed by atoms with Gasteiger partial charge in [-0.25, -0.2) is 8.42 Å². The van der Waals surface area contributed by atoms with Gasteiger partial charge < -0.3 is 5.11 Å². The number of sulfonamides is 1. The summed E-state index contributed by atoms with van der Waals surface area (Å²) in [6.45, 7) is 0.285. The number of carboxylic acid groups (broad SMARTS) is 1. The van der Waals surface area contributed by atoms with Crippen molar-refractivity contribution in [3.8, 4) is 0 Å². The molecule has 1 N–H and O–H groups in total. The third-order valence-electron chi connectivity index (χ3n) is 3.91. The highest BCUT2D eigenvalue weighted by molar-refractivity contribution is 9.10. The van der Waals surface area contributed by atoms with Crippen molar-refractivity contribution in [1.82, 2.24) is 4.31 Å². The van der Waals surface area contributed by atoms with Crippen LogP contribution in [0.25, 0.3) is 10.8 Å². The third-order valence-corrected chi connectivity index (χ3v) is 6.27. The second kappa shape index (κ2) is 5.64. The SMILES string of the molecule is O=C(O)C1CCN(S(=O)(=O)c2ccc3cc(Br)ccc3c2)C1. The van der Waals surface area contributed by atoms with Crippen molar-refractivity contribution in [3.05, 3.63) is 40.9 Å². The molecular formula is C15H14BrNO4S. The van der Waals surface area contributed by atoms with Gasteiger partial charge >= 0.3 is 5.97 Å². The van der Waals surface area contributed by atoms with Crippen molar-refractivity contribution >= 4 is 42.7 Å². The Morgan fingerprint density at radius 2 is 1.86 bits per heavy atom. The van der Waals surface area contributed by atoms with Gasteiger partial charge in [-0.15, -0.1) is 0 Å². The van der Waals surface area contributed by atoms with Gasteiger partial charge in [-0.1, -0.05) is 28.1 Å². The van der Waals surface area contributed by atoms with Crippen LogP contribution in [-0.4, -0.2) is 36.9 Å². The molecule has 3 rings (SSSR count). The van der Waals surface area contributed by atoms with Gasteiger partial charge in [0.2, 0.25) is 10.0 Å². The van der Waals surface area contributed by atoms with Crippen LogP contribution in [0.4, 0.5) is 0 Å². The Morgan fingerprint density at radius 3 is 2.55 bits per heavy atom. The van der Waals surface area contributed by atoms with Gasteiger partial charge in [-0.05, 0) is 41.5 Å². The largest absolute Gasteiger partial charge is 0.481 e. The smallest absolute Gasteiger partial charge is 0.307 e. The van der Waals surface area contributed by atoms with E-state index in [0.717, 1.165) is 15.2 Å². The van der Waals surface area contributed by atoms with Crippen molar-refractivity contribution in [2.75, 3.05) is 13.1 Å². The summed E-state index contributed by atoms with van der Waals surface area (Å²) in [6.07, 6.45) is 0.356. The molecule has 116 valence electrons. The quantitative estimate of drug-likeness (QED) is 0.883. The molecular weight excluding hydrogens is 370 g/mol. The summed E-state index contributed by atoms with van der Waals surface area (Å²) in [5.74, 6) is -1.56. The topological polar surface area (TPSA) is 74.7 Å². The molecule has 7 heteroatoms. The molecule has 0 amide bonds. The lowest BCUT2D eigenvalue weighted by Gasteiger charge is -2.16. The van der Waals surface area contributed by atoms with E-state index in [1.807, 2.05) is 18.2 Å². The van der Waals surface area contributed by atoms with Crippen molar-refractivity contribution in [2.45, 2.75) is 11.3 Å². The normalized spacial score (nSPS) is 19.6. The molecule has 5 nitrogen and oxygen atoms in total. The maximum atomic E-state index is 12.6. The van der Waals surface area contributed by atoms with Gasteiger partial charge in [-0.3, -0.25) is 4.79 Å². The minimum absolute atomic E-state index is 0.0377. The molecule has 0 bridgehead atoms. The summed E-state index contributed by atoms with van der Waals surface area (Å²) in [6, 6.07) is 10.6. The lowest BCUT2D eigenvalue weighted by Crippen LogP contribution is -2.30. The minimum atomic E-state index is -3.65. The van der Waals surface area contributed by atoms with E-state index in [1.165, 1.54) is 4.31 Å². The molecule has 1 aliphatic heterocycles. The second-order valence-corrected chi connectivity index (χ2v) is 8.19. The first-order chi connectivity index (χ1) is 10.4. The van der Waals surface area contributed by atoms with E-state index in [2.05, 4.69) is 15.9 Å². The van der Waals surface area contributed by atoms with Crippen LogP contribution in [0.1, 0.15) is 6.42 Å². The predicted octanol–water partition coefficient (Wildman–Crippen LogP) is 2.70. The van der Waals surface area contributed by atoms with Gasteiger partial charge in [0.25, 0.3) is 0 Å². The molecule has 1 saturated heterocycles. The predicted molar refractivity (Wildman–Crippen MR) is 86.1 cm³/mol. The molecule has 0 aliphatic carbocycles. The van der Waals surface area contributed by atoms with Gasteiger partial charge in [0.15, 0.2) is 0 Å². The Labute approximate surface area is 136 Å². The Morgan fingerprint density at radius 1 is 1.18 bits per heavy atom. The number of fused-ring (bicyclic) bond motifs is 1. The van der Waals surface area contributed by atoms with Crippen LogP contribution in [0.5, 0.6) is 0 Å². The number of hydrogen-bond acceptors (Lipinski definition) is 3. The molecule has 1 atom stereocenters. The van der Waals surface area contributed by atoms with Gasteiger partial charge in [-0.2, -0.15) is 4.31 Å². The minimum Gasteiger partial charge on any atom is -0.481 e. The fourth-order valence-electron chi connectivity index (χ4n) is 2.65. The maximum absolute atomic E-state index is 12.6. The maximum Gasteiger partial charge on any atom is 0.307 e. The molecule has 0 aromatic heterocycles. The highest BCUT2D eigenvalue weighted by Gasteiger charge is 2.35. The van der Waals surface area contributed by atoms with Crippen molar-refractivity contribution in [2.24, 2.45) is 5.92 Å². The lowest BCUT2D eigenvalue weighted by atomic mass is 10.1. The average Bonchev–Trinajstić information content (AvgIpc) is 2.97. The first kappa shape index (κ1) is 15.5. The zero-order valence-corrected chi connectivity index (χ0v) is 14.0. The van der Waals surface area contributed by atoms with E-state index in [1.54, 1.807) is 18.2 Å². The zero-order chi connectivity index (χ0) is 15.9. The molecule has 1 fully saturated rings. The van der Waals surface area contributed by atoms with Crippen LogP contribution < -0.4 is 0 Å². The number of aliphatic carboxylic acids is 1. The zero-order valence-electron chi connectivity index (χ0n) is 11.6. The Balaban J connectivity index is 1.96. The second-order valence-electron chi connectivity index (χ2n) is 5.34. The van der Waals surface area contributed by atoms with Crippen LogP contribution in [0.3, 0.4) is 0 Å². The number of hydrogen-bond donors (Lipinski definition) is 1. The van der Waals surface area contributed by atoms with E-state index < -0.39 is 21.9 Å². The average molecular weight is 384 g/mol. The number of carboxylic acids is 1. The van der Waals surface area contributed by atoms with Crippen molar-refractivity contribution in [3.63, 3.8) is 0 Å². The molecule has 0 spiro atoms. The molecule has 2 aromatic carbocycles. The fraction of sp³-hybridized carbons (Fsp3) is 0.267. The number of carbonyl (C=O) groups is 1. The molecule has 0 saturated carbocycles. The first-order valence-corrected chi connectivity index (χ1v) is 9.03. The summed E-state index contributed by atoms with van der Waals surface area (Å²) in [5, 5.41) is 10.8. The van der Waals surface area contributed by atoms with Crippen molar-refractivity contribution < 1.29 is 18.3 Å². The summed E-state index contributed by atoms with van der Waals surface area (Å²) in [7, 11) is -3.65. The Kier molecular flexibility index (Phi) is 3.96. The highest BCUT2D eigenvalue weighted by Crippen LogP contribution is 2.27. The van der Waals surface area contributed by atoms with E-state index in [-0.39, 0.29) is 18.0 Å². The summed E-state index contributed by atoms with van der Waals surface area (Å²) in [5.41, 5.74) is 0. The molecule has 1 heterocycles. The monoisotopic (exact) mass is 383 g/mol. The number of rotatable bonds is 3. The number of halogens is 1. The molecule has 2 aromatic rings. The van der Waals surface area contributed by atoms with E-state index in [4.69, 9.17) is 5.11 Å². The van der Waals surface area contributed by atoms with Crippen LogP contribution in [0.2, 0.25) is 0 Å². The molecule has 1 unspecified atom stereocenters. The summed E-state index contributed by atoms with van der Waals surface area (Å²) < 4.78 is 27.5. The van der Waals surface area contributed by atoms with Crippen LogP contribution in [0.15, 0.2) is 45.8 Å².